The first-order valence-electron chi connectivity index (χ1n) is 8.63. The van der Waals surface area contributed by atoms with Gasteiger partial charge < -0.3 is 15.4 Å². The molecule has 1 saturated carbocycles. The van der Waals surface area contributed by atoms with Gasteiger partial charge in [-0.15, -0.1) is 0 Å². The first-order chi connectivity index (χ1) is 12.8. The first-order valence-corrected chi connectivity index (χ1v) is 8.63. The summed E-state index contributed by atoms with van der Waals surface area (Å²) in [5.74, 6) is 2.25. The molecule has 8 heteroatoms. The lowest BCUT2D eigenvalue weighted by atomic mass is 10.1. The van der Waals surface area contributed by atoms with Crippen LogP contribution >= 0.6 is 0 Å². The van der Waals surface area contributed by atoms with E-state index in [1.54, 1.807) is 7.11 Å². The van der Waals surface area contributed by atoms with Gasteiger partial charge in [0.2, 0.25) is 11.9 Å². The van der Waals surface area contributed by atoms with Gasteiger partial charge >= 0.3 is 0 Å². The zero-order chi connectivity index (χ0) is 17.8. The molecule has 3 aromatic rings. The number of nitrogens with one attached hydrogen (secondary N) is 3. The Kier molecular flexibility index (Phi) is 4.74. The average molecular weight is 351 g/mol. The molecular weight excluding hydrogens is 330 g/mol. The number of rotatable bonds is 8. The molecule has 1 atom stereocenters. The van der Waals surface area contributed by atoms with Gasteiger partial charge in [-0.25, -0.2) is 9.97 Å². The highest BCUT2D eigenvalue weighted by Crippen LogP contribution is 2.39. The van der Waals surface area contributed by atoms with E-state index >= 15 is 0 Å². The second-order valence-corrected chi connectivity index (χ2v) is 6.30. The zero-order valence-electron chi connectivity index (χ0n) is 14.5. The molecule has 0 saturated heterocycles. The predicted molar refractivity (Wildman–Crippen MR) is 98.4 cm³/mol. The summed E-state index contributed by atoms with van der Waals surface area (Å²) >= 11 is 0. The summed E-state index contributed by atoms with van der Waals surface area (Å²) in [4.78, 5) is 12.8. The molecule has 2 aromatic heterocycles. The summed E-state index contributed by atoms with van der Waals surface area (Å²) < 4.78 is 5.32. The smallest absolute Gasteiger partial charge is 0.233 e. The molecule has 8 nitrogen and oxygen atoms in total. The van der Waals surface area contributed by atoms with Crippen molar-refractivity contribution >= 4 is 17.7 Å². The van der Waals surface area contributed by atoms with Crippen LogP contribution in [0.1, 0.15) is 36.1 Å². The largest absolute Gasteiger partial charge is 0.382 e. The van der Waals surface area contributed by atoms with Gasteiger partial charge in [0.15, 0.2) is 5.82 Å². The van der Waals surface area contributed by atoms with E-state index in [1.165, 1.54) is 19.2 Å². The fraction of sp³-hybridized carbons (Fsp3) is 0.333. The number of ether oxygens (including phenoxy) is 1. The maximum absolute atomic E-state index is 5.32. The summed E-state index contributed by atoms with van der Waals surface area (Å²) in [5, 5.41) is 13.7. The van der Waals surface area contributed by atoms with E-state index in [0.29, 0.717) is 30.2 Å². The lowest BCUT2D eigenvalue weighted by Crippen LogP contribution is -2.18. The van der Waals surface area contributed by atoms with Crippen molar-refractivity contribution in [1.29, 1.82) is 0 Å². The van der Waals surface area contributed by atoms with Crippen LogP contribution in [0.3, 0.4) is 0 Å². The van der Waals surface area contributed by atoms with Gasteiger partial charge in [-0.3, -0.25) is 5.10 Å². The minimum atomic E-state index is -0.0525. The van der Waals surface area contributed by atoms with Gasteiger partial charge in [0.25, 0.3) is 0 Å². The van der Waals surface area contributed by atoms with Crippen molar-refractivity contribution in [3.05, 3.63) is 54.0 Å². The molecule has 1 fully saturated rings. The second-order valence-electron chi connectivity index (χ2n) is 6.30. The van der Waals surface area contributed by atoms with E-state index in [4.69, 9.17) is 4.74 Å². The van der Waals surface area contributed by atoms with E-state index < -0.39 is 0 Å². The van der Waals surface area contributed by atoms with Gasteiger partial charge in [0.1, 0.15) is 6.33 Å². The normalized spacial score (nSPS) is 14.8. The summed E-state index contributed by atoms with van der Waals surface area (Å²) in [6.07, 6.45) is 3.92. The number of hydrogen-bond donors (Lipinski definition) is 3. The topological polar surface area (TPSA) is 101 Å². The Balaban J connectivity index is 1.47. The SMILES string of the molecule is COCC(Nc1ncnc(Nc2cc(C3CC3)[nH]n2)n1)c1ccccc1. The molecule has 0 amide bonds. The van der Waals surface area contributed by atoms with Gasteiger partial charge in [-0.2, -0.15) is 10.1 Å². The van der Waals surface area contributed by atoms with Crippen molar-refractivity contribution in [2.45, 2.75) is 24.8 Å². The molecule has 0 bridgehead atoms. The van der Waals surface area contributed by atoms with Crippen molar-refractivity contribution in [1.82, 2.24) is 25.1 Å². The molecule has 1 aliphatic carbocycles. The van der Waals surface area contributed by atoms with Crippen molar-refractivity contribution in [3.63, 3.8) is 0 Å². The molecule has 2 heterocycles. The van der Waals surface area contributed by atoms with Gasteiger partial charge in [0.05, 0.1) is 12.6 Å². The predicted octanol–water partition coefficient (Wildman–Crippen LogP) is 3.02. The van der Waals surface area contributed by atoms with Crippen molar-refractivity contribution in [2.75, 3.05) is 24.4 Å². The van der Waals surface area contributed by atoms with E-state index in [1.807, 2.05) is 36.4 Å². The second kappa shape index (κ2) is 7.49. The number of H-pyrrole nitrogens is 1. The molecular formula is C18H21N7O. The number of methoxy groups -OCH3 is 1. The van der Waals surface area contributed by atoms with E-state index in [-0.39, 0.29) is 6.04 Å². The Hall–Kier alpha value is -3.00. The van der Waals surface area contributed by atoms with Gasteiger partial charge in [-0.05, 0) is 18.4 Å². The maximum atomic E-state index is 5.32. The first kappa shape index (κ1) is 16.5. The van der Waals surface area contributed by atoms with E-state index in [0.717, 1.165) is 11.3 Å². The highest BCUT2D eigenvalue weighted by Gasteiger charge is 2.25. The standard InChI is InChI=1S/C18H21N7O/c1-26-10-15(12-5-3-2-4-6-12)21-17-19-11-20-18(23-17)22-16-9-14(24-25-16)13-7-8-13/h2-6,9,11,13,15H,7-8,10H2,1H3,(H3,19,20,21,22,23,24,25). The molecule has 134 valence electrons. The van der Waals surface area contributed by atoms with Crippen LogP contribution in [0.4, 0.5) is 17.7 Å². The molecule has 1 aromatic carbocycles. The van der Waals surface area contributed by atoms with Crippen LogP contribution in [0.2, 0.25) is 0 Å². The van der Waals surface area contributed by atoms with Crippen LogP contribution in [0, 0.1) is 0 Å². The van der Waals surface area contributed by atoms with Crippen LogP contribution in [0.5, 0.6) is 0 Å². The van der Waals surface area contributed by atoms with E-state index in [9.17, 15) is 0 Å². The number of nitrogens with zero attached hydrogens (tertiary/aromatic N) is 4. The maximum Gasteiger partial charge on any atom is 0.233 e. The molecule has 4 rings (SSSR count). The molecule has 0 radical (unpaired) electrons. The molecule has 0 spiro atoms. The van der Waals surface area contributed by atoms with Gasteiger partial charge in [0, 0.05) is 24.8 Å². The Labute approximate surface area is 151 Å². The number of hydrogen-bond acceptors (Lipinski definition) is 7. The number of benzene rings is 1. The van der Waals surface area contributed by atoms with E-state index in [2.05, 4.69) is 35.8 Å². The van der Waals surface area contributed by atoms with Crippen molar-refractivity contribution in [3.8, 4) is 0 Å². The van der Waals surface area contributed by atoms with Crippen molar-refractivity contribution < 1.29 is 4.74 Å². The molecule has 1 aliphatic rings. The Morgan fingerprint density at radius 1 is 1.19 bits per heavy atom. The highest BCUT2D eigenvalue weighted by atomic mass is 16.5. The van der Waals surface area contributed by atoms with Gasteiger partial charge in [-0.1, -0.05) is 30.3 Å². The molecule has 3 N–H and O–H groups in total. The third-order valence-corrected chi connectivity index (χ3v) is 4.27. The van der Waals surface area contributed by atoms with Crippen LogP contribution in [0.25, 0.3) is 0 Å². The van der Waals surface area contributed by atoms with Crippen molar-refractivity contribution in [2.24, 2.45) is 0 Å². The summed E-state index contributed by atoms with van der Waals surface area (Å²) in [6.45, 7) is 0.503. The highest BCUT2D eigenvalue weighted by molar-refractivity contribution is 5.49. The summed E-state index contributed by atoms with van der Waals surface area (Å²) in [5.41, 5.74) is 2.26. The molecule has 0 aliphatic heterocycles. The lowest BCUT2D eigenvalue weighted by Gasteiger charge is -2.18. The minimum absolute atomic E-state index is 0.0525. The fourth-order valence-corrected chi connectivity index (χ4v) is 2.77. The lowest BCUT2D eigenvalue weighted by molar-refractivity contribution is 0.186. The van der Waals surface area contributed by atoms with Crippen LogP contribution < -0.4 is 10.6 Å². The summed E-state index contributed by atoms with van der Waals surface area (Å²) in [7, 11) is 1.67. The molecule has 26 heavy (non-hydrogen) atoms. The summed E-state index contributed by atoms with van der Waals surface area (Å²) in [6, 6.07) is 12.0. The Bertz CT molecular complexity index is 848. The average Bonchev–Trinajstić information content (AvgIpc) is 3.42. The third-order valence-electron chi connectivity index (χ3n) is 4.27. The van der Waals surface area contributed by atoms with Crippen LogP contribution in [-0.4, -0.2) is 38.9 Å². The quantitative estimate of drug-likeness (QED) is 0.573. The number of anilines is 3. The third kappa shape index (κ3) is 3.97. The van der Waals surface area contributed by atoms with Crippen LogP contribution in [0.15, 0.2) is 42.7 Å². The zero-order valence-corrected chi connectivity index (χ0v) is 14.5. The molecule has 1 unspecified atom stereocenters. The number of aromatic amines is 1. The fourth-order valence-electron chi connectivity index (χ4n) is 2.77. The Morgan fingerprint density at radius 3 is 2.77 bits per heavy atom. The van der Waals surface area contributed by atoms with Crippen LogP contribution in [-0.2, 0) is 4.74 Å². The number of aromatic nitrogens is 5. The Morgan fingerprint density at radius 2 is 2.00 bits per heavy atom. The minimum Gasteiger partial charge on any atom is -0.382 e. The monoisotopic (exact) mass is 351 g/mol.